The summed E-state index contributed by atoms with van der Waals surface area (Å²) in [6, 6.07) is 10.4. The third kappa shape index (κ3) is 3.34. The summed E-state index contributed by atoms with van der Waals surface area (Å²) < 4.78 is 11.1. The van der Waals surface area contributed by atoms with Gasteiger partial charge in [-0.1, -0.05) is 35.9 Å². The molecule has 0 bridgehead atoms. The highest BCUT2D eigenvalue weighted by Gasteiger charge is 2.31. The fraction of sp³-hybridized carbons (Fsp3) is 0.471. The molecule has 21 heavy (non-hydrogen) atoms. The van der Waals surface area contributed by atoms with E-state index in [2.05, 4.69) is 24.3 Å². The van der Waals surface area contributed by atoms with Gasteiger partial charge in [0.1, 0.15) is 6.10 Å². The highest BCUT2D eigenvalue weighted by molar-refractivity contribution is 5.79. The van der Waals surface area contributed by atoms with Crippen molar-refractivity contribution >= 4 is 5.91 Å². The minimum atomic E-state index is -0.461. The molecule has 2 fully saturated rings. The third-order valence-corrected chi connectivity index (χ3v) is 4.29. The highest BCUT2D eigenvalue weighted by atomic mass is 16.5. The van der Waals surface area contributed by atoms with E-state index in [1.165, 1.54) is 16.7 Å². The number of benzene rings is 1. The Hall–Kier alpha value is -1.65. The first-order valence-electron chi connectivity index (χ1n) is 7.51. The normalized spacial score (nSPS) is 29.0. The molecule has 2 heterocycles. The van der Waals surface area contributed by atoms with Gasteiger partial charge in [-0.05, 0) is 30.4 Å². The molecular weight excluding hydrogens is 266 g/mol. The first-order valence-corrected chi connectivity index (χ1v) is 7.51. The Balaban J connectivity index is 1.60. The maximum atomic E-state index is 11.3. The zero-order valence-corrected chi connectivity index (χ0v) is 12.1. The second kappa shape index (κ2) is 6.41. The minimum Gasteiger partial charge on any atom is -0.369 e. The Morgan fingerprint density at radius 2 is 2.05 bits per heavy atom. The Morgan fingerprint density at radius 1 is 1.24 bits per heavy atom. The van der Waals surface area contributed by atoms with E-state index >= 15 is 0 Å². The zero-order valence-electron chi connectivity index (χ0n) is 12.1. The van der Waals surface area contributed by atoms with Crippen LogP contribution in [-0.2, 0) is 20.7 Å². The SMILES string of the molecule is NC(=O)C1CC(=C2COC2CCc2ccccc2)CCO1. The van der Waals surface area contributed by atoms with E-state index in [0.29, 0.717) is 19.6 Å². The molecule has 3 rings (SSSR count). The molecule has 2 aliphatic heterocycles. The van der Waals surface area contributed by atoms with Crippen LogP contribution >= 0.6 is 0 Å². The van der Waals surface area contributed by atoms with Crippen LogP contribution in [0.1, 0.15) is 24.8 Å². The predicted molar refractivity (Wildman–Crippen MR) is 79.7 cm³/mol. The van der Waals surface area contributed by atoms with E-state index < -0.39 is 6.10 Å². The van der Waals surface area contributed by atoms with Crippen LogP contribution in [0.15, 0.2) is 41.5 Å². The summed E-state index contributed by atoms with van der Waals surface area (Å²) in [4.78, 5) is 11.3. The molecule has 1 aromatic rings. The van der Waals surface area contributed by atoms with Gasteiger partial charge >= 0.3 is 0 Å². The van der Waals surface area contributed by atoms with E-state index in [9.17, 15) is 4.79 Å². The lowest BCUT2D eigenvalue weighted by Gasteiger charge is -2.35. The molecule has 4 heteroatoms. The van der Waals surface area contributed by atoms with Crippen molar-refractivity contribution in [2.75, 3.05) is 13.2 Å². The van der Waals surface area contributed by atoms with Crippen molar-refractivity contribution in [3.8, 4) is 0 Å². The van der Waals surface area contributed by atoms with Gasteiger partial charge in [-0.25, -0.2) is 0 Å². The van der Waals surface area contributed by atoms with Crippen LogP contribution in [0.3, 0.4) is 0 Å². The van der Waals surface area contributed by atoms with E-state index in [-0.39, 0.29) is 12.0 Å². The van der Waals surface area contributed by atoms with Crippen molar-refractivity contribution in [2.45, 2.75) is 37.9 Å². The van der Waals surface area contributed by atoms with E-state index in [0.717, 1.165) is 19.3 Å². The van der Waals surface area contributed by atoms with Crippen molar-refractivity contribution in [2.24, 2.45) is 5.73 Å². The molecular formula is C17H21NO3. The van der Waals surface area contributed by atoms with Gasteiger partial charge in [0.15, 0.2) is 0 Å². The lowest BCUT2D eigenvalue weighted by atomic mass is 9.88. The van der Waals surface area contributed by atoms with Gasteiger partial charge in [-0.3, -0.25) is 4.79 Å². The molecule has 1 aromatic carbocycles. The van der Waals surface area contributed by atoms with Gasteiger partial charge in [-0.15, -0.1) is 0 Å². The fourth-order valence-corrected chi connectivity index (χ4v) is 3.00. The molecule has 0 aliphatic carbocycles. The minimum absolute atomic E-state index is 0.201. The topological polar surface area (TPSA) is 61.6 Å². The van der Waals surface area contributed by atoms with E-state index in [1.54, 1.807) is 0 Å². The number of primary amides is 1. The van der Waals surface area contributed by atoms with E-state index in [4.69, 9.17) is 15.2 Å². The van der Waals surface area contributed by atoms with Gasteiger partial charge in [0.25, 0.3) is 0 Å². The maximum Gasteiger partial charge on any atom is 0.246 e. The molecule has 0 saturated carbocycles. The van der Waals surface area contributed by atoms with Crippen molar-refractivity contribution < 1.29 is 14.3 Å². The molecule has 0 spiro atoms. The Bertz CT molecular complexity index is 538. The summed E-state index contributed by atoms with van der Waals surface area (Å²) in [5.74, 6) is -0.367. The number of rotatable bonds is 4. The average molecular weight is 287 g/mol. The van der Waals surface area contributed by atoms with Crippen molar-refractivity contribution in [1.29, 1.82) is 0 Å². The first-order chi connectivity index (χ1) is 10.2. The summed E-state index contributed by atoms with van der Waals surface area (Å²) in [5.41, 5.74) is 9.35. The molecule has 0 radical (unpaired) electrons. The Kier molecular flexibility index (Phi) is 4.36. The third-order valence-electron chi connectivity index (χ3n) is 4.29. The van der Waals surface area contributed by atoms with Crippen LogP contribution in [0.2, 0.25) is 0 Å². The van der Waals surface area contributed by atoms with Crippen molar-refractivity contribution in [1.82, 2.24) is 0 Å². The molecule has 2 unspecified atom stereocenters. The molecule has 0 aromatic heterocycles. The van der Waals surface area contributed by atoms with Gasteiger partial charge in [-0.2, -0.15) is 0 Å². The quantitative estimate of drug-likeness (QED) is 0.861. The lowest BCUT2D eigenvalue weighted by Crippen LogP contribution is -2.38. The molecule has 2 atom stereocenters. The molecule has 2 aliphatic rings. The first kappa shape index (κ1) is 14.3. The second-order valence-corrected chi connectivity index (χ2v) is 5.67. The number of carbonyl (C=O) groups excluding carboxylic acids is 1. The van der Waals surface area contributed by atoms with Gasteiger partial charge in [0.05, 0.1) is 19.3 Å². The number of ether oxygens (including phenoxy) is 2. The monoisotopic (exact) mass is 287 g/mol. The number of aryl methyl sites for hydroxylation is 1. The number of hydrogen-bond donors (Lipinski definition) is 1. The lowest BCUT2D eigenvalue weighted by molar-refractivity contribution is -0.130. The van der Waals surface area contributed by atoms with Gasteiger partial charge in [0, 0.05) is 6.42 Å². The molecule has 4 nitrogen and oxygen atoms in total. The number of amides is 1. The fourth-order valence-electron chi connectivity index (χ4n) is 3.00. The van der Waals surface area contributed by atoms with Crippen LogP contribution in [0.4, 0.5) is 0 Å². The van der Waals surface area contributed by atoms with Crippen LogP contribution in [0.5, 0.6) is 0 Å². The number of hydrogen-bond acceptors (Lipinski definition) is 3. The summed E-state index contributed by atoms with van der Waals surface area (Å²) in [6.45, 7) is 1.28. The summed E-state index contributed by atoms with van der Waals surface area (Å²) in [6.07, 6.45) is 3.27. The number of nitrogens with two attached hydrogens (primary N) is 1. The van der Waals surface area contributed by atoms with Gasteiger partial charge in [0.2, 0.25) is 5.91 Å². The molecule has 2 N–H and O–H groups in total. The van der Waals surface area contributed by atoms with Crippen molar-refractivity contribution in [3.63, 3.8) is 0 Å². The molecule has 1 amide bonds. The Morgan fingerprint density at radius 3 is 2.71 bits per heavy atom. The second-order valence-electron chi connectivity index (χ2n) is 5.67. The van der Waals surface area contributed by atoms with Crippen molar-refractivity contribution in [3.05, 3.63) is 47.0 Å². The summed E-state index contributed by atoms with van der Waals surface area (Å²) in [7, 11) is 0. The summed E-state index contributed by atoms with van der Waals surface area (Å²) >= 11 is 0. The predicted octanol–water partition coefficient (Wildman–Crippen LogP) is 1.98. The van der Waals surface area contributed by atoms with E-state index in [1.807, 2.05) is 6.07 Å². The number of carbonyl (C=O) groups is 1. The smallest absolute Gasteiger partial charge is 0.246 e. The zero-order chi connectivity index (χ0) is 14.7. The Labute approximate surface area is 124 Å². The molecule has 112 valence electrons. The maximum absolute atomic E-state index is 11.3. The standard InChI is InChI=1S/C17H21NO3/c18-17(19)16-10-13(8-9-20-16)14-11-21-15(14)7-6-12-4-2-1-3-5-12/h1-5,15-16H,6-11H2,(H2,18,19). The van der Waals surface area contributed by atoms with Gasteiger partial charge < -0.3 is 15.2 Å². The summed E-state index contributed by atoms with van der Waals surface area (Å²) in [5, 5.41) is 0. The largest absolute Gasteiger partial charge is 0.369 e. The molecule has 2 saturated heterocycles. The van der Waals surface area contributed by atoms with Crippen LogP contribution in [-0.4, -0.2) is 31.3 Å². The average Bonchev–Trinajstić information content (AvgIpc) is 2.47. The van der Waals surface area contributed by atoms with Crippen LogP contribution in [0.25, 0.3) is 0 Å². The van der Waals surface area contributed by atoms with Crippen LogP contribution in [0, 0.1) is 0 Å². The highest BCUT2D eigenvalue weighted by Crippen LogP contribution is 2.32. The van der Waals surface area contributed by atoms with Crippen LogP contribution < -0.4 is 5.73 Å².